The van der Waals surface area contributed by atoms with E-state index in [1.165, 1.54) is 12.3 Å². The largest absolute Gasteiger partial charge is 0.478 e. The van der Waals surface area contributed by atoms with Crippen LogP contribution in [0.15, 0.2) is 39.6 Å². The zero-order valence-electron chi connectivity index (χ0n) is 10.2. The minimum Gasteiger partial charge on any atom is -0.478 e. The third kappa shape index (κ3) is 3.08. The van der Waals surface area contributed by atoms with E-state index in [1.54, 1.807) is 0 Å². The molecule has 0 spiro atoms. The van der Waals surface area contributed by atoms with Crippen LogP contribution in [0, 0.1) is 10.1 Å². The Morgan fingerprint density at radius 1 is 1.29 bits per heavy atom. The Hall–Kier alpha value is -2.68. The molecule has 0 radical (unpaired) electrons. The van der Waals surface area contributed by atoms with Gasteiger partial charge in [0.1, 0.15) is 0 Å². The molecule has 0 unspecified atom stereocenters. The van der Waals surface area contributed by atoms with Crippen molar-refractivity contribution in [3.05, 3.63) is 56.4 Å². The highest BCUT2D eigenvalue weighted by atomic mass is 79.9. The van der Waals surface area contributed by atoms with E-state index in [9.17, 15) is 19.7 Å². The Labute approximate surface area is 125 Å². The van der Waals surface area contributed by atoms with Gasteiger partial charge >= 0.3 is 5.97 Å². The molecule has 1 aromatic heterocycles. The molecule has 9 heteroatoms. The van der Waals surface area contributed by atoms with Crippen molar-refractivity contribution in [1.82, 2.24) is 0 Å². The first-order chi connectivity index (χ1) is 9.90. The maximum atomic E-state index is 12.0. The number of nitro groups is 1. The van der Waals surface area contributed by atoms with Crippen molar-refractivity contribution in [3.8, 4) is 0 Å². The summed E-state index contributed by atoms with van der Waals surface area (Å²) in [5.41, 5.74) is -0.622. The summed E-state index contributed by atoms with van der Waals surface area (Å²) in [4.78, 5) is 33.1. The molecule has 0 aliphatic carbocycles. The molecule has 0 saturated heterocycles. The number of hydrogen-bond acceptors (Lipinski definition) is 5. The highest BCUT2D eigenvalue weighted by Gasteiger charge is 2.19. The number of carboxylic acid groups (broad SMARTS) is 1. The number of non-ortho nitro benzene ring substituents is 1. The number of halogens is 1. The fourth-order valence-electron chi connectivity index (χ4n) is 1.58. The first-order valence-electron chi connectivity index (χ1n) is 5.46. The zero-order chi connectivity index (χ0) is 15.6. The summed E-state index contributed by atoms with van der Waals surface area (Å²) in [7, 11) is 0. The van der Waals surface area contributed by atoms with Crippen molar-refractivity contribution >= 4 is 39.2 Å². The molecular weight excluding hydrogens is 348 g/mol. The molecule has 0 atom stereocenters. The number of furan rings is 1. The van der Waals surface area contributed by atoms with E-state index in [1.807, 2.05) is 0 Å². The monoisotopic (exact) mass is 354 g/mol. The van der Waals surface area contributed by atoms with Crippen LogP contribution in [0.5, 0.6) is 0 Å². The van der Waals surface area contributed by atoms with Gasteiger partial charge in [-0.3, -0.25) is 14.9 Å². The van der Waals surface area contributed by atoms with Crippen LogP contribution in [0.3, 0.4) is 0 Å². The fraction of sp³-hybridized carbons (Fsp3) is 0. The Morgan fingerprint density at radius 2 is 2.00 bits per heavy atom. The Bertz CT molecular complexity index is 739. The molecule has 0 aliphatic rings. The van der Waals surface area contributed by atoms with Crippen molar-refractivity contribution in [1.29, 1.82) is 0 Å². The van der Waals surface area contributed by atoms with Crippen LogP contribution >= 0.6 is 15.9 Å². The number of hydrogen-bond donors (Lipinski definition) is 2. The number of benzene rings is 1. The highest BCUT2D eigenvalue weighted by molar-refractivity contribution is 9.10. The number of nitrogens with one attached hydrogen (secondary N) is 1. The van der Waals surface area contributed by atoms with Crippen LogP contribution in [0.2, 0.25) is 0 Å². The number of carbonyl (C=O) groups is 2. The van der Waals surface area contributed by atoms with Gasteiger partial charge in [0.05, 0.1) is 28.0 Å². The topological polar surface area (TPSA) is 123 Å². The number of nitro benzene ring substituents is 1. The van der Waals surface area contributed by atoms with Gasteiger partial charge in [-0.1, -0.05) is 0 Å². The van der Waals surface area contributed by atoms with Crippen LogP contribution in [0.1, 0.15) is 20.7 Å². The molecule has 2 rings (SSSR count). The molecule has 0 aliphatic heterocycles. The third-order valence-electron chi connectivity index (χ3n) is 2.56. The molecule has 1 aromatic carbocycles. The Balaban J connectivity index is 2.39. The molecule has 8 nitrogen and oxygen atoms in total. The van der Waals surface area contributed by atoms with E-state index in [4.69, 9.17) is 9.52 Å². The summed E-state index contributed by atoms with van der Waals surface area (Å²) in [5, 5.41) is 22.1. The number of nitrogens with zero attached hydrogens (tertiary/aromatic N) is 1. The second kappa shape index (κ2) is 5.75. The summed E-state index contributed by atoms with van der Waals surface area (Å²) in [6.45, 7) is 0. The normalized spacial score (nSPS) is 10.1. The van der Waals surface area contributed by atoms with Gasteiger partial charge in [-0.15, -0.1) is 0 Å². The molecular formula is C12H7BrN2O6. The summed E-state index contributed by atoms with van der Waals surface area (Å²) in [6, 6.07) is 4.46. The molecule has 1 amide bonds. The summed E-state index contributed by atoms with van der Waals surface area (Å²) < 4.78 is 5.06. The average molecular weight is 355 g/mol. The van der Waals surface area contributed by atoms with Gasteiger partial charge in [-0.2, -0.15) is 0 Å². The van der Waals surface area contributed by atoms with E-state index in [0.29, 0.717) is 0 Å². The number of aromatic carboxylic acids is 1. The van der Waals surface area contributed by atoms with Crippen LogP contribution < -0.4 is 5.32 Å². The number of amides is 1. The molecule has 2 N–H and O–H groups in total. The molecule has 0 fully saturated rings. The lowest BCUT2D eigenvalue weighted by Crippen LogP contribution is -2.14. The summed E-state index contributed by atoms with van der Waals surface area (Å²) in [6.07, 6.45) is 1.27. The van der Waals surface area contributed by atoms with Gasteiger partial charge in [0.15, 0.2) is 4.67 Å². The van der Waals surface area contributed by atoms with Crippen molar-refractivity contribution in [2.24, 2.45) is 0 Å². The first kappa shape index (κ1) is 14.7. The molecule has 108 valence electrons. The van der Waals surface area contributed by atoms with Gasteiger partial charge in [0, 0.05) is 12.1 Å². The van der Waals surface area contributed by atoms with Gasteiger partial charge in [-0.05, 0) is 28.1 Å². The summed E-state index contributed by atoms with van der Waals surface area (Å²) in [5.74, 6) is -1.97. The maximum Gasteiger partial charge on any atom is 0.337 e. The van der Waals surface area contributed by atoms with E-state index in [2.05, 4.69) is 21.2 Å². The number of carbonyl (C=O) groups excluding carboxylic acids is 1. The van der Waals surface area contributed by atoms with Gasteiger partial charge in [-0.25, -0.2) is 4.79 Å². The maximum absolute atomic E-state index is 12.0. The standard InChI is InChI=1S/C12H7BrN2O6/c13-10-8(3-4-21-10)11(16)14-9-5-6(15(19)20)1-2-7(9)12(17)18/h1-5H,(H,14,16)(H,17,18). The Morgan fingerprint density at radius 3 is 2.52 bits per heavy atom. The second-order valence-corrected chi connectivity index (χ2v) is 4.57. The molecule has 21 heavy (non-hydrogen) atoms. The quantitative estimate of drug-likeness (QED) is 0.642. The van der Waals surface area contributed by atoms with Crippen LogP contribution in [-0.2, 0) is 0 Å². The smallest absolute Gasteiger partial charge is 0.337 e. The third-order valence-corrected chi connectivity index (χ3v) is 3.17. The molecule has 0 saturated carbocycles. The highest BCUT2D eigenvalue weighted by Crippen LogP contribution is 2.25. The van der Waals surface area contributed by atoms with E-state index >= 15 is 0 Å². The van der Waals surface area contributed by atoms with Crippen LogP contribution in [-0.4, -0.2) is 21.9 Å². The van der Waals surface area contributed by atoms with E-state index < -0.39 is 16.8 Å². The Kier molecular flexibility index (Phi) is 4.03. The lowest BCUT2D eigenvalue weighted by atomic mass is 10.1. The molecule has 2 aromatic rings. The zero-order valence-corrected chi connectivity index (χ0v) is 11.8. The van der Waals surface area contributed by atoms with Gasteiger partial charge in [0.25, 0.3) is 11.6 Å². The summed E-state index contributed by atoms with van der Waals surface area (Å²) >= 11 is 3.01. The number of carboxylic acids is 1. The van der Waals surface area contributed by atoms with E-state index in [-0.39, 0.29) is 27.2 Å². The minimum absolute atomic E-state index is 0.137. The van der Waals surface area contributed by atoms with E-state index in [0.717, 1.165) is 18.2 Å². The fourth-order valence-corrected chi connectivity index (χ4v) is 2.00. The predicted octanol–water partition coefficient (Wildman–Crippen LogP) is 2.90. The van der Waals surface area contributed by atoms with Crippen molar-refractivity contribution in [2.45, 2.75) is 0 Å². The second-order valence-electron chi connectivity index (χ2n) is 3.85. The lowest BCUT2D eigenvalue weighted by molar-refractivity contribution is -0.384. The van der Waals surface area contributed by atoms with Crippen molar-refractivity contribution in [2.75, 3.05) is 5.32 Å². The van der Waals surface area contributed by atoms with Gasteiger partial charge < -0.3 is 14.8 Å². The minimum atomic E-state index is -1.31. The first-order valence-corrected chi connectivity index (χ1v) is 6.25. The van der Waals surface area contributed by atoms with Crippen molar-refractivity contribution < 1.29 is 24.0 Å². The molecule has 0 bridgehead atoms. The van der Waals surface area contributed by atoms with Crippen LogP contribution in [0.4, 0.5) is 11.4 Å². The number of rotatable bonds is 4. The molecule has 1 heterocycles. The van der Waals surface area contributed by atoms with Crippen LogP contribution in [0.25, 0.3) is 0 Å². The lowest BCUT2D eigenvalue weighted by Gasteiger charge is -2.07. The predicted molar refractivity (Wildman–Crippen MR) is 74.4 cm³/mol. The SMILES string of the molecule is O=C(O)c1ccc([N+](=O)[O-])cc1NC(=O)c1ccoc1Br. The average Bonchev–Trinajstić information content (AvgIpc) is 2.84. The van der Waals surface area contributed by atoms with Crippen molar-refractivity contribution in [3.63, 3.8) is 0 Å². The number of anilines is 1. The van der Waals surface area contributed by atoms with Gasteiger partial charge in [0.2, 0.25) is 0 Å².